The van der Waals surface area contributed by atoms with Gasteiger partial charge in [-0.05, 0) is 30.2 Å². The number of nitrogens with zero attached hydrogens (tertiary/aromatic N) is 3. The summed E-state index contributed by atoms with van der Waals surface area (Å²) in [5, 5.41) is 2.92. The van der Waals surface area contributed by atoms with Crippen LogP contribution in [0, 0.1) is 5.92 Å². The molecule has 0 radical (unpaired) electrons. The largest absolute Gasteiger partial charge is 0.378 e. The fraction of sp³-hybridized carbons (Fsp3) is 0.483. The first-order chi connectivity index (χ1) is 17.9. The zero-order chi connectivity index (χ0) is 26.4. The van der Waals surface area contributed by atoms with Gasteiger partial charge >= 0.3 is 0 Å². The summed E-state index contributed by atoms with van der Waals surface area (Å²) in [4.78, 5) is 45.1. The number of amides is 3. The van der Waals surface area contributed by atoms with E-state index < -0.39 is 0 Å². The molecule has 8 heteroatoms. The molecule has 2 fully saturated rings. The fourth-order valence-corrected chi connectivity index (χ4v) is 4.91. The molecule has 3 amide bonds. The van der Waals surface area contributed by atoms with Crippen LogP contribution in [0.2, 0.25) is 0 Å². The number of carbonyl (C=O) groups is 3. The molecule has 0 saturated carbocycles. The van der Waals surface area contributed by atoms with Gasteiger partial charge in [0.05, 0.1) is 24.7 Å². The second kappa shape index (κ2) is 12.2. The van der Waals surface area contributed by atoms with Crippen LogP contribution in [-0.4, -0.2) is 80.0 Å². The van der Waals surface area contributed by atoms with Gasteiger partial charge in [-0.1, -0.05) is 51.1 Å². The average Bonchev–Trinajstić information content (AvgIpc) is 2.94. The molecule has 0 unspecified atom stereocenters. The molecular weight excluding hydrogens is 468 g/mol. The van der Waals surface area contributed by atoms with Crippen LogP contribution in [0.15, 0.2) is 48.5 Å². The zero-order valence-electron chi connectivity index (χ0n) is 22.1. The second-order valence-electron chi connectivity index (χ2n) is 9.96. The maximum Gasteiger partial charge on any atom is 0.256 e. The predicted molar refractivity (Wildman–Crippen MR) is 145 cm³/mol. The molecule has 2 aliphatic rings. The lowest BCUT2D eigenvalue weighted by molar-refractivity contribution is -0.133. The summed E-state index contributed by atoms with van der Waals surface area (Å²) in [7, 11) is 0. The van der Waals surface area contributed by atoms with E-state index in [1.165, 1.54) is 0 Å². The van der Waals surface area contributed by atoms with Crippen LogP contribution < -0.4 is 10.2 Å². The van der Waals surface area contributed by atoms with Gasteiger partial charge < -0.3 is 24.8 Å². The third kappa shape index (κ3) is 6.31. The first kappa shape index (κ1) is 26.7. The SMILES string of the molecule is CC[C@@H](C(=O)N1CCN(c2ccc(NC(=O)C(C)C)cc2C(=O)N2CCOCC2)CC1)c1ccccc1. The van der Waals surface area contributed by atoms with Gasteiger partial charge in [0.25, 0.3) is 5.91 Å². The van der Waals surface area contributed by atoms with Crippen molar-refractivity contribution in [3.05, 3.63) is 59.7 Å². The number of morpholine rings is 1. The number of carbonyl (C=O) groups excluding carboxylic acids is 3. The maximum atomic E-state index is 13.6. The summed E-state index contributed by atoms with van der Waals surface area (Å²) in [6.07, 6.45) is 0.755. The van der Waals surface area contributed by atoms with Crippen LogP contribution in [0.4, 0.5) is 11.4 Å². The standard InChI is InChI=1S/C29H38N4O4/c1-4-24(22-8-6-5-7-9-22)28(35)32-14-12-31(13-15-32)26-11-10-23(30-27(34)21(2)3)20-25(26)29(36)33-16-18-37-19-17-33/h5-11,20-21,24H,4,12-19H2,1-3H3,(H,30,34)/t24-/m1/s1. The predicted octanol–water partition coefficient (Wildman–Crippen LogP) is 3.60. The van der Waals surface area contributed by atoms with E-state index in [1.807, 2.05) is 66.1 Å². The highest BCUT2D eigenvalue weighted by atomic mass is 16.5. The van der Waals surface area contributed by atoms with E-state index in [-0.39, 0.29) is 29.6 Å². The second-order valence-corrected chi connectivity index (χ2v) is 9.96. The Hall–Kier alpha value is -3.39. The minimum Gasteiger partial charge on any atom is -0.378 e. The van der Waals surface area contributed by atoms with E-state index >= 15 is 0 Å². The number of rotatable bonds is 7. The summed E-state index contributed by atoms with van der Waals surface area (Å²) in [6, 6.07) is 15.5. The van der Waals surface area contributed by atoms with Crippen molar-refractivity contribution in [2.75, 3.05) is 62.7 Å². The normalized spacial score (nSPS) is 17.0. The van der Waals surface area contributed by atoms with Crippen LogP contribution >= 0.6 is 0 Å². The summed E-state index contributed by atoms with van der Waals surface area (Å²) in [5.41, 5.74) is 3.07. The maximum absolute atomic E-state index is 13.6. The van der Waals surface area contributed by atoms with Gasteiger partial charge in [0.1, 0.15) is 0 Å². The lowest BCUT2D eigenvalue weighted by Gasteiger charge is -2.38. The Morgan fingerprint density at radius 1 is 0.892 bits per heavy atom. The van der Waals surface area contributed by atoms with Gasteiger partial charge in [0, 0.05) is 56.6 Å². The Morgan fingerprint density at radius 2 is 1.57 bits per heavy atom. The molecule has 2 heterocycles. The van der Waals surface area contributed by atoms with E-state index in [0.717, 1.165) is 17.7 Å². The van der Waals surface area contributed by atoms with Crippen molar-refractivity contribution in [2.24, 2.45) is 5.92 Å². The highest BCUT2D eigenvalue weighted by Crippen LogP contribution is 2.29. The molecule has 0 bridgehead atoms. The van der Waals surface area contributed by atoms with Crippen molar-refractivity contribution >= 4 is 29.1 Å². The molecule has 198 valence electrons. The van der Waals surface area contributed by atoms with Gasteiger partial charge in [-0.25, -0.2) is 0 Å². The Bertz CT molecular complexity index is 1090. The summed E-state index contributed by atoms with van der Waals surface area (Å²) < 4.78 is 5.43. The fourth-order valence-electron chi connectivity index (χ4n) is 4.91. The van der Waals surface area contributed by atoms with Crippen molar-refractivity contribution in [1.29, 1.82) is 0 Å². The Balaban J connectivity index is 1.51. The van der Waals surface area contributed by atoms with Gasteiger partial charge in [-0.2, -0.15) is 0 Å². The lowest BCUT2D eigenvalue weighted by atomic mass is 9.94. The topological polar surface area (TPSA) is 82.2 Å². The molecule has 2 saturated heterocycles. The molecule has 0 spiro atoms. The number of nitrogens with one attached hydrogen (secondary N) is 1. The number of piperazine rings is 1. The van der Waals surface area contributed by atoms with E-state index in [4.69, 9.17) is 4.74 Å². The number of benzene rings is 2. The van der Waals surface area contributed by atoms with Crippen LogP contribution in [0.5, 0.6) is 0 Å². The molecule has 8 nitrogen and oxygen atoms in total. The zero-order valence-corrected chi connectivity index (χ0v) is 22.1. The van der Waals surface area contributed by atoms with Crippen LogP contribution in [0.1, 0.15) is 49.0 Å². The third-order valence-corrected chi connectivity index (χ3v) is 7.16. The Morgan fingerprint density at radius 3 is 2.19 bits per heavy atom. The first-order valence-corrected chi connectivity index (χ1v) is 13.3. The van der Waals surface area contributed by atoms with Gasteiger partial charge in [-0.3, -0.25) is 14.4 Å². The lowest BCUT2D eigenvalue weighted by Crippen LogP contribution is -2.50. The number of anilines is 2. The van der Waals surface area contributed by atoms with Gasteiger partial charge in [0.15, 0.2) is 0 Å². The molecule has 0 aliphatic carbocycles. The monoisotopic (exact) mass is 506 g/mol. The average molecular weight is 507 g/mol. The van der Waals surface area contributed by atoms with E-state index in [9.17, 15) is 14.4 Å². The van der Waals surface area contributed by atoms with Crippen LogP contribution in [0.25, 0.3) is 0 Å². The Kier molecular flexibility index (Phi) is 8.82. The molecular formula is C29H38N4O4. The van der Waals surface area contributed by atoms with E-state index in [2.05, 4.69) is 17.1 Å². The van der Waals surface area contributed by atoms with Crippen molar-refractivity contribution in [1.82, 2.24) is 9.80 Å². The number of ether oxygens (including phenoxy) is 1. The van der Waals surface area contributed by atoms with E-state index in [1.54, 1.807) is 6.07 Å². The van der Waals surface area contributed by atoms with Crippen LogP contribution in [-0.2, 0) is 14.3 Å². The Labute approximate surface area is 219 Å². The molecule has 4 rings (SSSR count). The highest BCUT2D eigenvalue weighted by molar-refractivity contribution is 6.02. The van der Waals surface area contributed by atoms with Crippen molar-refractivity contribution in [3.8, 4) is 0 Å². The molecule has 1 atom stereocenters. The molecule has 1 N–H and O–H groups in total. The summed E-state index contributed by atoms with van der Waals surface area (Å²) >= 11 is 0. The van der Waals surface area contributed by atoms with E-state index in [0.29, 0.717) is 63.7 Å². The molecule has 2 aliphatic heterocycles. The van der Waals surface area contributed by atoms with Crippen molar-refractivity contribution in [3.63, 3.8) is 0 Å². The van der Waals surface area contributed by atoms with Crippen LogP contribution in [0.3, 0.4) is 0 Å². The van der Waals surface area contributed by atoms with Gasteiger partial charge in [0.2, 0.25) is 11.8 Å². The highest BCUT2D eigenvalue weighted by Gasteiger charge is 2.30. The summed E-state index contributed by atoms with van der Waals surface area (Å²) in [5.74, 6) is -0.299. The van der Waals surface area contributed by atoms with Crippen molar-refractivity contribution in [2.45, 2.75) is 33.1 Å². The van der Waals surface area contributed by atoms with Gasteiger partial charge in [-0.15, -0.1) is 0 Å². The minimum atomic E-state index is -0.161. The number of hydrogen-bond donors (Lipinski definition) is 1. The molecule has 2 aromatic carbocycles. The smallest absolute Gasteiger partial charge is 0.256 e. The van der Waals surface area contributed by atoms with Crippen molar-refractivity contribution < 1.29 is 19.1 Å². The first-order valence-electron chi connectivity index (χ1n) is 13.3. The molecule has 37 heavy (non-hydrogen) atoms. The minimum absolute atomic E-state index is 0.0624. The number of hydrogen-bond acceptors (Lipinski definition) is 5. The molecule has 2 aromatic rings. The molecule has 0 aromatic heterocycles. The third-order valence-electron chi connectivity index (χ3n) is 7.16. The summed E-state index contributed by atoms with van der Waals surface area (Å²) in [6.45, 7) is 10.3. The quantitative estimate of drug-likeness (QED) is 0.621.